The third kappa shape index (κ3) is 4.29. The van der Waals surface area contributed by atoms with Gasteiger partial charge in [0.25, 0.3) is 0 Å². The summed E-state index contributed by atoms with van der Waals surface area (Å²) in [5.74, 6) is 0. The molecule has 0 bridgehead atoms. The summed E-state index contributed by atoms with van der Waals surface area (Å²) >= 11 is 0. The molecule has 0 radical (unpaired) electrons. The van der Waals surface area contributed by atoms with Crippen molar-refractivity contribution in [1.29, 1.82) is 0 Å². The lowest BCUT2D eigenvalue weighted by Crippen LogP contribution is -2.45. The van der Waals surface area contributed by atoms with Crippen LogP contribution in [-0.4, -0.2) is 66.8 Å². The molecule has 3 fully saturated rings. The second-order valence-corrected chi connectivity index (χ2v) is 7.25. The van der Waals surface area contributed by atoms with E-state index in [1.54, 1.807) is 0 Å². The smallest absolute Gasteiger partial charge is 0.371 e. The maximum absolute atomic E-state index is 5.77. The summed E-state index contributed by atoms with van der Waals surface area (Å²) < 4.78 is 32.7. The van der Waals surface area contributed by atoms with Crippen molar-refractivity contribution in [3.63, 3.8) is 0 Å². The number of hydrogen-bond acceptors (Lipinski definition) is 6. The fourth-order valence-electron chi connectivity index (χ4n) is 1.35. The fourth-order valence-corrected chi connectivity index (χ4v) is 3.07. The van der Waals surface area contributed by atoms with Gasteiger partial charge in [0.2, 0.25) is 0 Å². The van der Waals surface area contributed by atoms with Crippen molar-refractivity contribution in [2.75, 3.05) is 39.6 Å². The fraction of sp³-hybridized carbons (Fsp3) is 1.00. The van der Waals surface area contributed by atoms with E-state index in [-0.39, 0.29) is 18.3 Å². The van der Waals surface area contributed by atoms with Gasteiger partial charge in [-0.15, -0.1) is 0 Å². The van der Waals surface area contributed by atoms with Crippen molar-refractivity contribution in [3.8, 4) is 0 Å². The molecule has 0 N–H and O–H groups in total. The molecule has 98 valence electrons. The van der Waals surface area contributed by atoms with E-state index in [2.05, 4.69) is 0 Å². The van der Waals surface area contributed by atoms with Crippen molar-refractivity contribution in [2.24, 2.45) is 0 Å². The predicted octanol–water partition coefficient (Wildman–Crippen LogP) is -0.199. The molecule has 0 aromatic heterocycles. The van der Waals surface area contributed by atoms with Crippen molar-refractivity contribution in [1.82, 2.24) is 0 Å². The highest BCUT2D eigenvalue weighted by Gasteiger charge is 2.41. The Bertz CT molecular complexity index is 223. The SMILES string of the molecule is C[Si](OCC1CO1)(OCC1CO1)OCC1CO1. The van der Waals surface area contributed by atoms with Crippen LogP contribution in [0.1, 0.15) is 0 Å². The van der Waals surface area contributed by atoms with Gasteiger partial charge in [-0.25, -0.2) is 0 Å². The van der Waals surface area contributed by atoms with Crippen LogP contribution in [0.4, 0.5) is 0 Å². The molecule has 0 amide bonds. The molecule has 17 heavy (non-hydrogen) atoms. The van der Waals surface area contributed by atoms with E-state index in [9.17, 15) is 0 Å². The monoisotopic (exact) mass is 262 g/mol. The van der Waals surface area contributed by atoms with Gasteiger partial charge in [-0.05, 0) is 0 Å². The quantitative estimate of drug-likeness (QED) is 0.423. The summed E-state index contributed by atoms with van der Waals surface area (Å²) in [6.07, 6.45) is 0.676. The summed E-state index contributed by atoms with van der Waals surface area (Å²) in [5.41, 5.74) is 0. The first-order chi connectivity index (χ1) is 8.23. The van der Waals surface area contributed by atoms with E-state index < -0.39 is 8.80 Å². The standard InChI is InChI=1S/C10H18O6Si/c1-17(14-5-8-2-11-8,15-6-9-3-12-9)16-7-10-4-13-10/h8-10H,2-7H2,1H3. The van der Waals surface area contributed by atoms with Crippen LogP contribution in [0.15, 0.2) is 0 Å². The molecule has 0 aromatic rings. The zero-order valence-electron chi connectivity index (χ0n) is 9.92. The predicted molar refractivity (Wildman–Crippen MR) is 58.7 cm³/mol. The van der Waals surface area contributed by atoms with Crippen LogP contribution < -0.4 is 0 Å². The van der Waals surface area contributed by atoms with Gasteiger partial charge in [0.15, 0.2) is 0 Å². The van der Waals surface area contributed by atoms with Gasteiger partial charge in [-0.3, -0.25) is 0 Å². The van der Waals surface area contributed by atoms with Gasteiger partial charge in [-0.1, -0.05) is 0 Å². The highest BCUT2D eigenvalue weighted by atomic mass is 28.4. The van der Waals surface area contributed by atoms with Gasteiger partial charge < -0.3 is 27.5 Å². The Balaban J connectivity index is 1.43. The summed E-state index contributed by atoms with van der Waals surface area (Å²) in [6, 6.07) is 0. The first-order valence-electron chi connectivity index (χ1n) is 6.00. The Morgan fingerprint density at radius 3 is 1.35 bits per heavy atom. The number of hydrogen-bond donors (Lipinski definition) is 0. The van der Waals surface area contributed by atoms with E-state index in [0.717, 1.165) is 19.8 Å². The van der Waals surface area contributed by atoms with Crippen molar-refractivity contribution >= 4 is 8.80 Å². The maximum Gasteiger partial charge on any atom is 0.497 e. The van der Waals surface area contributed by atoms with Gasteiger partial charge in [0.1, 0.15) is 18.3 Å². The van der Waals surface area contributed by atoms with E-state index in [1.165, 1.54) is 0 Å². The summed E-state index contributed by atoms with van der Waals surface area (Å²) in [7, 11) is -2.56. The summed E-state index contributed by atoms with van der Waals surface area (Å²) in [6.45, 7) is 5.92. The molecule has 3 rings (SSSR count). The highest BCUT2D eigenvalue weighted by Crippen LogP contribution is 2.20. The van der Waals surface area contributed by atoms with Crippen LogP contribution in [-0.2, 0) is 27.5 Å². The Morgan fingerprint density at radius 2 is 1.12 bits per heavy atom. The van der Waals surface area contributed by atoms with E-state index in [1.807, 2.05) is 6.55 Å². The molecule has 0 aromatic carbocycles. The van der Waals surface area contributed by atoms with Crippen LogP contribution in [0.5, 0.6) is 0 Å². The van der Waals surface area contributed by atoms with Crippen molar-refractivity contribution in [3.05, 3.63) is 0 Å². The lowest BCUT2D eigenvalue weighted by molar-refractivity contribution is 0.0510. The van der Waals surface area contributed by atoms with Gasteiger partial charge in [0, 0.05) is 6.55 Å². The molecule has 3 saturated heterocycles. The third-order valence-electron chi connectivity index (χ3n) is 2.80. The number of epoxide rings is 3. The molecule has 6 nitrogen and oxygen atoms in total. The lowest BCUT2D eigenvalue weighted by Gasteiger charge is -2.25. The van der Waals surface area contributed by atoms with Crippen molar-refractivity contribution in [2.45, 2.75) is 24.9 Å². The van der Waals surface area contributed by atoms with E-state index in [0.29, 0.717) is 19.8 Å². The molecule has 0 saturated carbocycles. The summed E-state index contributed by atoms with van der Waals surface area (Å²) in [5, 5.41) is 0. The number of ether oxygens (including phenoxy) is 3. The van der Waals surface area contributed by atoms with Crippen molar-refractivity contribution < 1.29 is 27.5 Å². The molecule has 3 atom stereocenters. The molecule has 3 aliphatic rings. The van der Waals surface area contributed by atoms with Gasteiger partial charge >= 0.3 is 8.80 Å². The Morgan fingerprint density at radius 1 is 0.824 bits per heavy atom. The minimum Gasteiger partial charge on any atom is -0.371 e. The number of rotatable bonds is 9. The van der Waals surface area contributed by atoms with Crippen LogP contribution in [0.2, 0.25) is 6.55 Å². The Kier molecular flexibility index (Phi) is 3.49. The maximum atomic E-state index is 5.77. The average molecular weight is 262 g/mol. The molecule has 0 spiro atoms. The molecule has 3 aliphatic heterocycles. The van der Waals surface area contributed by atoms with E-state index >= 15 is 0 Å². The van der Waals surface area contributed by atoms with Gasteiger partial charge in [-0.2, -0.15) is 0 Å². The van der Waals surface area contributed by atoms with Crippen LogP contribution in [0, 0.1) is 0 Å². The van der Waals surface area contributed by atoms with Crippen LogP contribution in [0.3, 0.4) is 0 Å². The molecular weight excluding hydrogens is 244 g/mol. The first-order valence-corrected chi connectivity index (χ1v) is 8.23. The Labute approximate surface area is 101 Å². The summed E-state index contributed by atoms with van der Waals surface area (Å²) in [4.78, 5) is 0. The van der Waals surface area contributed by atoms with Crippen LogP contribution in [0.25, 0.3) is 0 Å². The lowest BCUT2D eigenvalue weighted by atomic mass is 10.5. The normalized spacial score (nSPS) is 37.6. The zero-order valence-corrected chi connectivity index (χ0v) is 10.9. The molecule has 7 heteroatoms. The minimum absolute atomic E-state index is 0.225. The Hall–Kier alpha value is -0.0231. The topological polar surface area (TPSA) is 65.3 Å². The molecule has 3 unspecified atom stereocenters. The van der Waals surface area contributed by atoms with Gasteiger partial charge in [0.05, 0.1) is 39.6 Å². The average Bonchev–Trinajstić information content (AvgIpc) is 3.17. The molecular formula is C10H18O6Si. The van der Waals surface area contributed by atoms with Crippen LogP contribution >= 0.6 is 0 Å². The third-order valence-corrected chi connectivity index (χ3v) is 4.87. The minimum atomic E-state index is -2.56. The molecule has 3 heterocycles. The second-order valence-electron chi connectivity index (χ2n) is 4.66. The second kappa shape index (κ2) is 4.92. The molecule has 0 aliphatic carbocycles. The highest BCUT2D eigenvalue weighted by molar-refractivity contribution is 6.59. The first kappa shape index (κ1) is 12.0. The van der Waals surface area contributed by atoms with E-state index in [4.69, 9.17) is 27.5 Å². The largest absolute Gasteiger partial charge is 0.497 e. The zero-order chi connectivity index (χ0) is 11.7.